The second-order valence-electron chi connectivity index (χ2n) is 15.2. The van der Waals surface area contributed by atoms with Gasteiger partial charge in [0.2, 0.25) is 0 Å². The van der Waals surface area contributed by atoms with Crippen LogP contribution in [0.3, 0.4) is 0 Å². The van der Waals surface area contributed by atoms with E-state index in [-0.39, 0.29) is 5.92 Å². The molecule has 0 radical (unpaired) electrons. The molecule has 0 spiro atoms. The van der Waals surface area contributed by atoms with Gasteiger partial charge in [0.1, 0.15) is 5.82 Å². The standard InChI is InChI=1S/C53H40N2/c1-2-18-40(19-3-1)55-50-27-11-10-26-49(50)54-53(55)38-30-28-35(29-31-38)39-32-33-47-48(34-39)52(44-25-13-17-37-15-5-7-21-42(37)44)46-23-9-8-22-45(46)51(47)43-24-12-16-36-14-4-6-20-41(36)43/h1-9,11-25,27-30,32-34,36,38,41H,10,26,31H2. The number of hydrogen-bond acceptors (Lipinski definition) is 1. The third kappa shape index (κ3) is 5.28. The van der Waals surface area contributed by atoms with Gasteiger partial charge in [0.25, 0.3) is 0 Å². The van der Waals surface area contributed by atoms with Crippen molar-refractivity contribution in [3.8, 4) is 16.8 Å². The predicted octanol–water partition coefficient (Wildman–Crippen LogP) is 13.4. The van der Waals surface area contributed by atoms with Crippen molar-refractivity contribution < 1.29 is 0 Å². The topological polar surface area (TPSA) is 17.8 Å². The number of para-hydroxylation sites is 1. The van der Waals surface area contributed by atoms with Gasteiger partial charge in [-0.05, 0) is 109 Å². The van der Waals surface area contributed by atoms with E-state index in [1.165, 1.54) is 82.8 Å². The molecule has 4 aliphatic carbocycles. The predicted molar refractivity (Wildman–Crippen MR) is 232 cm³/mol. The van der Waals surface area contributed by atoms with Crippen LogP contribution in [0.15, 0.2) is 182 Å². The molecule has 2 heteroatoms. The Bertz CT molecular complexity index is 2900. The number of fused-ring (bicyclic) bond motifs is 5. The average molecular weight is 705 g/mol. The molecule has 0 fully saturated rings. The first kappa shape index (κ1) is 32.0. The van der Waals surface area contributed by atoms with Crippen LogP contribution in [0, 0.1) is 11.8 Å². The van der Waals surface area contributed by atoms with E-state index in [0.717, 1.165) is 25.1 Å². The van der Waals surface area contributed by atoms with Crippen LogP contribution >= 0.6 is 0 Å². The Morgan fingerprint density at radius 2 is 1.38 bits per heavy atom. The summed E-state index contributed by atoms with van der Waals surface area (Å²) in [6.07, 6.45) is 30.7. The van der Waals surface area contributed by atoms with Gasteiger partial charge in [-0.1, -0.05) is 164 Å². The van der Waals surface area contributed by atoms with Gasteiger partial charge in [-0.3, -0.25) is 4.57 Å². The maximum Gasteiger partial charge on any atom is 0.121 e. The molecule has 11 rings (SSSR count). The van der Waals surface area contributed by atoms with Crippen LogP contribution in [0.25, 0.3) is 66.4 Å². The van der Waals surface area contributed by atoms with Crippen molar-refractivity contribution >= 4 is 49.5 Å². The number of allylic oxidation sites excluding steroid dienone is 13. The fraction of sp³-hybridized carbons (Fsp3) is 0.113. The van der Waals surface area contributed by atoms with Crippen LogP contribution < -0.4 is 0 Å². The molecular weight excluding hydrogens is 665 g/mol. The number of imidazole rings is 1. The first-order chi connectivity index (χ1) is 27.3. The molecule has 0 saturated heterocycles. The molecule has 3 atom stereocenters. The van der Waals surface area contributed by atoms with Gasteiger partial charge in [0.15, 0.2) is 0 Å². The Kier molecular flexibility index (Phi) is 7.62. The van der Waals surface area contributed by atoms with Crippen molar-refractivity contribution in [1.82, 2.24) is 9.55 Å². The van der Waals surface area contributed by atoms with Gasteiger partial charge in [0, 0.05) is 23.4 Å². The van der Waals surface area contributed by atoms with E-state index in [0.29, 0.717) is 11.8 Å². The summed E-state index contributed by atoms with van der Waals surface area (Å²) in [4.78, 5) is 5.28. The lowest BCUT2D eigenvalue weighted by atomic mass is 9.74. The first-order valence-corrected chi connectivity index (χ1v) is 19.7. The van der Waals surface area contributed by atoms with Crippen molar-refractivity contribution in [2.45, 2.75) is 25.2 Å². The molecule has 0 saturated carbocycles. The Labute approximate surface area is 322 Å². The SMILES string of the molecule is C1=CC2C=CC=C(c3c4ccccc4c(-c4cccc5ccccc45)c4cc(C5=CCC(c6nc7c(n6-c6ccccc6)C=CCC7)C=C5)ccc34)C2C=C1. The van der Waals surface area contributed by atoms with Crippen molar-refractivity contribution in [1.29, 1.82) is 0 Å². The fourth-order valence-corrected chi connectivity index (χ4v) is 9.56. The summed E-state index contributed by atoms with van der Waals surface area (Å²) in [7, 11) is 0. The monoisotopic (exact) mass is 704 g/mol. The highest BCUT2D eigenvalue weighted by Crippen LogP contribution is 2.48. The van der Waals surface area contributed by atoms with E-state index in [2.05, 4.69) is 193 Å². The molecule has 55 heavy (non-hydrogen) atoms. The maximum absolute atomic E-state index is 5.28. The fourth-order valence-electron chi connectivity index (χ4n) is 9.56. The van der Waals surface area contributed by atoms with E-state index < -0.39 is 0 Å². The normalized spacial score (nSPS) is 19.8. The van der Waals surface area contributed by atoms with E-state index in [4.69, 9.17) is 4.98 Å². The third-order valence-electron chi connectivity index (χ3n) is 12.1. The largest absolute Gasteiger partial charge is 0.296 e. The Morgan fingerprint density at radius 1 is 0.618 bits per heavy atom. The second kappa shape index (κ2) is 13.1. The Hall–Kier alpha value is -6.51. The highest BCUT2D eigenvalue weighted by Gasteiger charge is 2.29. The maximum atomic E-state index is 5.28. The van der Waals surface area contributed by atoms with E-state index in [1.54, 1.807) is 0 Å². The number of hydrogen-bond donors (Lipinski definition) is 0. The third-order valence-corrected chi connectivity index (χ3v) is 12.1. The average Bonchev–Trinajstić information content (AvgIpc) is 3.65. The molecule has 6 aromatic carbocycles. The number of rotatable bonds is 5. The van der Waals surface area contributed by atoms with Crippen LogP contribution in [0.5, 0.6) is 0 Å². The van der Waals surface area contributed by atoms with Gasteiger partial charge >= 0.3 is 0 Å². The molecule has 262 valence electrons. The molecule has 0 N–H and O–H groups in total. The van der Waals surface area contributed by atoms with E-state index in [9.17, 15) is 0 Å². The lowest BCUT2D eigenvalue weighted by molar-refractivity contribution is 0.679. The van der Waals surface area contributed by atoms with Gasteiger partial charge < -0.3 is 0 Å². The van der Waals surface area contributed by atoms with Crippen LogP contribution in [0.4, 0.5) is 0 Å². The van der Waals surface area contributed by atoms with Crippen molar-refractivity contribution in [3.63, 3.8) is 0 Å². The molecule has 3 unspecified atom stereocenters. The van der Waals surface area contributed by atoms with Crippen LogP contribution in [-0.2, 0) is 6.42 Å². The quantitative estimate of drug-likeness (QED) is 0.163. The lowest BCUT2D eigenvalue weighted by Crippen LogP contribution is -2.15. The number of benzene rings is 6. The van der Waals surface area contributed by atoms with Crippen LogP contribution in [0.1, 0.15) is 47.1 Å². The van der Waals surface area contributed by atoms with Crippen LogP contribution in [-0.4, -0.2) is 9.55 Å². The highest BCUT2D eigenvalue weighted by molar-refractivity contribution is 6.22. The van der Waals surface area contributed by atoms with Crippen LogP contribution in [0.2, 0.25) is 0 Å². The van der Waals surface area contributed by atoms with Gasteiger partial charge in [-0.15, -0.1) is 0 Å². The molecule has 4 aliphatic rings. The number of nitrogens with zero attached hydrogens (tertiary/aromatic N) is 2. The summed E-state index contributed by atoms with van der Waals surface area (Å²) in [5.74, 6) is 1.99. The minimum absolute atomic E-state index is 0.196. The molecule has 0 bridgehead atoms. The minimum Gasteiger partial charge on any atom is -0.296 e. The van der Waals surface area contributed by atoms with Crippen molar-refractivity contribution in [3.05, 3.63) is 210 Å². The highest BCUT2D eigenvalue weighted by atomic mass is 15.1. The Morgan fingerprint density at radius 3 is 2.25 bits per heavy atom. The first-order valence-electron chi connectivity index (χ1n) is 19.7. The van der Waals surface area contributed by atoms with Crippen molar-refractivity contribution in [2.75, 3.05) is 0 Å². The number of aryl methyl sites for hydroxylation is 1. The van der Waals surface area contributed by atoms with E-state index in [1.807, 2.05) is 0 Å². The van der Waals surface area contributed by atoms with E-state index >= 15 is 0 Å². The molecule has 0 aliphatic heterocycles. The summed E-state index contributed by atoms with van der Waals surface area (Å²) in [6, 6.07) is 42.6. The zero-order valence-corrected chi connectivity index (χ0v) is 30.6. The smallest absolute Gasteiger partial charge is 0.121 e. The van der Waals surface area contributed by atoms with Gasteiger partial charge in [-0.2, -0.15) is 0 Å². The molecule has 7 aromatic rings. The minimum atomic E-state index is 0.196. The Balaban J connectivity index is 1.08. The molecule has 0 amide bonds. The molecular formula is C53H40N2. The summed E-state index contributed by atoms with van der Waals surface area (Å²) in [5.41, 5.74) is 11.4. The molecule has 1 heterocycles. The molecule has 2 nitrogen and oxygen atoms in total. The summed E-state index contributed by atoms with van der Waals surface area (Å²) >= 11 is 0. The van der Waals surface area contributed by atoms with Gasteiger partial charge in [0.05, 0.1) is 11.4 Å². The van der Waals surface area contributed by atoms with Crippen molar-refractivity contribution in [2.24, 2.45) is 11.8 Å². The zero-order chi connectivity index (χ0) is 36.3. The summed E-state index contributed by atoms with van der Waals surface area (Å²) in [6.45, 7) is 0. The summed E-state index contributed by atoms with van der Waals surface area (Å²) < 4.78 is 2.38. The summed E-state index contributed by atoms with van der Waals surface area (Å²) in [5, 5.41) is 7.73. The van der Waals surface area contributed by atoms with Gasteiger partial charge in [-0.25, -0.2) is 4.98 Å². The zero-order valence-electron chi connectivity index (χ0n) is 30.6. The second-order valence-corrected chi connectivity index (χ2v) is 15.2. The number of aromatic nitrogens is 2. The molecule has 1 aromatic heterocycles. The lowest BCUT2D eigenvalue weighted by Gasteiger charge is -2.30.